The molecule has 2 nitrogen and oxygen atoms in total. The molecule has 1 saturated carbocycles. The minimum Gasteiger partial charge on any atom is -0.398 e. The molecule has 0 radical (unpaired) electrons. The van der Waals surface area contributed by atoms with Crippen molar-refractivity contribution in [2.45, 2.75) is 49.2 Å². The molecule has 0 aliphatic heterocycles. The molecule has 0 bridgehead atoms. The third-order valence-corrected chi connectivity index (χ3v) is 5.90. The van der Waals surface area contributed by atoms with E-state index in [4.69, 9.17) is 17.3 Å². The van der Waals surface area contributed by atoms with Gasteiger partial charge in [0.05, 0.1) is 21.5 Å². The maximum absolute atomic E-state index is 12.5. The summed E-state index contributed by atoms with van der Waals surface area (Å²) < 4.78 is 12.5. The number of hydrogen-bond donors (Lipinski definition) is 1. The van der Waals surface area contributed by atoms with Crippen LogP contribution in [0.1, 0.15) is 39.0 Å². The van der Waals surface area contributed by atoms with Gasteiger partial charge in [0, 0.05) is 10.1 Å². The first kappa shape index (κ1) is 13.9. The van der Waals surface area contributed by atoms with Crippen LogP contribution < -0.4 is 5.73 Å². The van der Waals surface area contributed by atoms with E-state index in [0.29, 0.717) is 10.7 Å². The molecule has 1 fully saturated rings. The van der Waals surface area contributed by atoms with Crippen molar-refractivity contribution in [2.24, 2.45) is 5.92 Å². The molecule has 4 heteroatoms. The Morgan fingerprint density at radius 2 is 2.22 bits per heavy atom. The molecule has 100 valence electrons. The van der Waals surface area contributed by atoms with Crippen molar-refractivity contribution in [3.8, 4) is 0 Å². The molecule has 0 saturated heterocycles. The van der Waals surface area contributed by atoms with Gasteiger partial charge < -0.3 is 5.73 Å². The average Bonchev–Trinajstić information content (AvgIpc) is 2.41. The minimum atomic E-state index is -0.951. The molecular weight excluding hydrogens is 266 g/mol. The van der Waals surface area contributed by atoms with E-state index < -0.39 is 10.8 Å². The SMILES string of the molecule is CCC1CCCC(S(=O)c2ccc(N)c(Cl)c2)C1. The fourth-order valence-corrected chi connectivity index (χ4v) is 4.53. The molecule has 0 spiro atoms. The second-order valence-electron chi connectivity index (χ2n) is 5.04. The normalized spacial score (nSPS) is 25.9. The monoisotopic (exact) mass is 285 g/mol. The van der Waals surface area contributed by atoms with Gasteiger partial charge in [0.2, 0.25) is 0 Å². The van der Waals surface area contributed by atoms with E-state index in [9.17, 15) is 4.21 Å². The predicted octanol–water partition coefficient (Wildman–Crippen LogP) is 4.00. The number of nitrogen functional groups attached to an aromatic ring is 1. The lowest BCUT2D eigenvalue weighted by atomic mass is 9.87. The molecule has 1 aliphatic carbocycles. The topological polar surface area (TPSA) is 43.1 Å². The second kappa shape index (κ2) is 6.07. The fourth-order valence-electron chi connectivity index (χ4n) is 2.63. The molecule has 2 rings (SSSR count). The van der Waals surface area contributed by atoms with E-state index >= 15 is 0 Å². The summed E-state index contributed by atoms with van der Waals surface area (Å²) in [6, 6.07) is 5.34. The van der Waals surface area contributed by atoms with Gasteiger partial charge in [-0.1, -0.05) is 37.8 Å². The Hall–Kier alpha value is -0.540. The van der Waals surface area contributed by atoms with Crippen molar-refractivity contribution in [3.63, 3.8) is 0 Å². The van der Waals surface area contributed by atoms with Crippen molar-refractivity contribution in [2.75, 3.05) is 5.73 Å². The van der Waals surface area contributed by atoms with Crippen LogP contribution in [0.2, 0.25) is 5.02 Å². The largest absolute Gasteiger partial charge is 0.398 e. The molecule has 3 atom stereocenters. The van der Waals surface area contributed by atoms with Gasteiger partial charge in [0.1, 0.15) is 0 Å². The van der Waals surface area contributed by atoms with E-state index in [-0.39, 0.29) is 5.25 Å². The van der Waals surface area contributed by atoms with Crippen LogP contribution in [0.5, 0.6) is 0 Å². The van der Waals surface area contributed by atoms with Crippen LogP contribution in [-0.4, -0.2) is 9.46 Å². The van der Waals surface area contributed by atoms with Crippen LogP contribution in [0.3, 0.4) is 0 Å². The highest BCUT2D eigenvalue weighted by Crippen LogP contribution is 2.32. The molecule has 1 aromatic carbocycles. The summed E-state index contributed by atoms with van der Waals surface area (Å²) in [7, 11) is -0.951. The third-order valence-electron chi connectivity index (χ3n) is 3.82. The van der Waals surface area contributed by atoms with E-state index in [2.05, 4.69) is 6.92 Å². The summed E-state index contributed by atoms with van der Waals surface area (Å²) in [6.45, 7) is 2.22. The molecule has 2 N–H and O–H groups in total. The van der Waals surface area contributed by atoms with Crippen LogP contribution >= 0.6 is 11.6 Å². The Balaban J connectivity index is 2.12. The van der Waals surface area contributed by atoms with Crippen molar-refractivity contribution < 1.29 is 4.21 Å². The Labute approximate surface area is 116 Å². The summed E-state index contributed by atoms with van der Waals surface area (Å²) in [6.07, 6.45) is 5.80. The summed E-state index contributed by atoms with van der Waals surface area (Å²) in [5.74, 6) is 0.733. The van der Waals surface area contributed by atoms with E-state index in [1.54, 1.807) is 12.1 Å². The number of rotatable bonds is 3. The first-order valence-electron chi connectivity index (χ1n) is 6.57. The third kappa shape index (κ3) is 3.07. The molecule has 3 unspecified atom stereocenters. The van der Waals surface area contributed by atoms with Gasteiger partial charge in [0.15, 0.2) is 0 Å². The molecular formula is C14H20ClNOS. The highest BCUT2D eigenvalue weighted by molar-refractivity contribution is 7.85. The minimum absolute atomic E-state index is 0.281. The quantitative estimate of drug-likeness (QED) is 0.853. The first-order chi connectivity index (χ1) is 8.61. The van der Waals surface area contributed by atoms with Crippen molar-refractivity contribution in [1.82, 2.24) is 0 Å². The van der Waals surface area contributed by atoms with Gasteiger partial charge in [-0.3, -0.25) is 4.21 Å². The van der Waals surface area contributed by atoms with Gasteiger partial charge in [-0.15, -0.1) is 0 Å². The highest BCUT2D eigenvalue weighted by atomic mass is 35.5. The van der Waals surface area contributed by atoms with Crippen LogP contribution in [0.25, 0.3) is 0 Å². The second-order valence-corrected chi connectivity index (χ2v) is 7.18. The molecule has 1 aromatic rings. The van der Waals surface area contributed by atoms with E-state index in [1.807, 2.05) is 6.07 Å². The Morgan fingerprint density at radius 3 is 2.89 bits per heavy atom. The lowest BCUT2D eigenvalue weighted by Crippen LogP contribution is -2.24. The van der Waals surface area contributed by atoms with Crippen molar-refractivity contribution in [3.05, 3.63) is 23.2 Å². The van der Waals surface area contributed by atoms with Gasteiger partial charge in [-0.05, 0) is 37.0 Å². The lowest BCUT2D eigenvalue weighted by Gasteiger charge is -2.27. The maximum Gasteiger partial charge on any atom is 0.0647 e. The summed E-state index contributed by atoms with van der Waals surface area (Å²) in [5, 5.41) is 0.784. The van der Waals surface area contributed by atoms with Gasteiger partial charge in [-0.25, -0.2) is 0 Å². The number of nitrogens with two attached hydrogens (primary N) is 1. The zero-order valence-electron chi connectivity index (χ0n) is 10.7. The number of halogens is 1. The number of anilines is 1. The zero-order valence-corrected chi connectivity index (χ0v) is 12.3. The molecule has 0 amide bonds. The molecule has 0 aromatic heterocycles. The maximum atomic E-state index is 12.5. The van der Waals surface area contributed by atoms with Crippen LogP contribution in [-0.2, 0) is 10.8 Å². The Morgan fingerprint density at radius 1 is 1.44 bits per heavy atom. The standard InChI is InChI=1S/C14H20ClNOS/c1-2-10-4-3-5-11(8-10)18(17)12-6-7-14(16)13(15)9-12/h6-7,9-11H,2-5,8,16H2,1H3. The van der Waals surface area contributed by atoms with Crippen molar-refractivity contribution >= 4 is 28.1 Å². The summed E-state index contributed by atoms with van der Waals surface area (Å²) in [5.41, 5.74) is 6.23. The van der Waals surface area contributed by atoms with Gasteiger partial charge in [0.25, 0.3) is 0 Å². The Bertz CT molecular complexity index is 449. The fraction of sp³-hybridized carbons (Fsp3) is 0.571. The zero-order chi connectivity index (χ0) is 13.1. The first-order valence-corrected chi connectivity index (χ1v) is 8.16. The molecule has 18 heavy (non-hydrogen) atoms. The van der Waals surface area contributed by atoms with E-state index in [0.717, 1.165) is 23.7 Å². The number of hydrogen-bond acceptors (Lipinski definition) is 2. The summed E-state index contributed by atoms with van der Waals surface area (Å²) in [4.78, 5) is 0.816. The smallest absolute Gasteiger partial charge is 0.0647 e. The predicted molar refractivity (Wildman–Crippen MR) is 78.3 cm³/mol. The summed E-state index contributed by atoms with van der Waals surface area (Å²) >= 11 is 5.99. The number of benzene rings is 1. The average molecular weight is 286 g/mol. The van der Waals surface area contributed by atoms with Crippen LogP contribution in [0, 0.1) is 5.92 Å². The van der Waals surface area contributed by atoms with Crippen LogP contribution in [0.4, 0.5) is 5.69 Å². The molecule has 0 heterocycles. The Kier molecular flexibility index (Phi) is 4.68. The van der Waals surface area contributed by atoms with Crippen molar-refractivity contribution in [1.29, 1.82) is 0 Å². The highest BCUT2D eigenvalue weighted by Gasteiger charge is 2.26. The van der Waals surface area contributed by atoms with E-state index in [1.165, 1.54) is 19.3 Å². The van der Waals surface area contributed by atoms with Gasteiger partial charge >= 0.3 is 0 Å². The lowest BCUT2D eigenvalue weighted by molar-refractivity contribution is 0.353. The molecule has 1 aliphatic rings. The van der Waals surface area contributed by atoms with Gasteiger partial charge in [-0.2, -0.15) is 0 Å². The van der Waals surface area contributed by atoms with Crippen LogP contribution in [0.15, 0.2) is 23.1 Å².